The first-order valence-corrected chi connectivity index (χ1v) is 4.82. The van der Waals surface area contributed by atoms with E-state index in [1.54, 1.807) is 6.07 Å². The van der Waals surface area contributed by atoms with Crippen LogP contribution in [0.15, 0.2) is 18.2 Å². The second-order valence-electron chi connectivity index (χ2n) is 3.20. The maximum absolute atomic E-state index is 13.1. The summed E-state index contributed by atoms with van der Waals surface area (Å²) in [5.74, 6) is -0.560. The van der Waals surface area contributed by atoms with Gasteiger partial charge in [0.25, 0.3) is 0 Å². The van der Waals surface area contributed by atoms with Gasteiger partial charge < -0.3 is 0 Å². The van der Waals surface area contributed by atoms with Gasteiger partial charge in [-0.3, -0.25) is 0 Å². The third-order valence-electron chi connectivity index (χ3n) is 1.91. The van der Waals surface area contributed by atoms with Crippen molar-refractivity contribution >= 4 is 12.6 Å². The van der Waals surface area contributed by atoms with E-state index in [0.29, 0.717) is 17.7 Å². The summed E-state index contributed by atoms with van der Waals surface area (Å²) in [5, 5.41) is 0. The van der Waals surface area contributed by atoms with Crippen LogP contribution in [-0.4, -0.2) is 5.75 Å². The number of rotatable bonds is 3. The highest BCUT2D eigenvalue weighted by atomic mass is 32.1. The second-order valence-corrected chi connectivity index (χ2v) is 3.57. The lowest BCUT2D eigenvalue weighted by molar-refractivity contribution is 0.490. The zero-order chi connectivity index (χ0) is 9.84. The minimum Gasteiger partial charge on any atom is -0.204 e. The normalized spacial score (nSPS) is 12.9. The molecule has 0 bridgehead atoms. The van der Waals surface area contributed by atoms with Gasteiger partial charge in [0, 0.05) is 0 Å². The smallest absolute Gasteiger partial charge is 0.162 e. The van der Waals surface area contributed by atoms with Crippen LogP contribution in [0.3, 0.4) is 0 Å². The maximum Gasteiger partial charge on any atom is 0.162 e. The van der Waals surface area contributed by atoms with Crippen molar-refractivity contribution in [3.8, 4) is 0 Å². The van der Waals surface area contributed by atoms with Crippen LogP contribution in [-0.2, 0) is 6.42 Å². The molecule has 0 aliphatic heterocycles. The molecule has 0 radical (unpaired) electrons. The van der Waals surface area contributed by atoms with Crippen molar-refractivity contribution in [1.82, 2.24) is 0 Å². The topological polar surface area (TPSA) is 0 Å². The standard InChI is InChI=1S/C10H12F2S/c1-7(6-13)5-8-3-2-4-9(11)10(8)12/h2-4,7,13H,5-6H2,1H3. The molecule has 0 amide bonds. The molecule has 0 saturated heterocycles. The van der Waals surface area contributed by atoms with Gasteiger partial charge in [-0.25, -0.2) is 8.78 Å². The van der Waals surface area contributed by atoms with Crippen molar-refractivity contribution in [2.45, 2.75) is 13.3 Å². The molecule has 0 heterocycles. The Labute approximate surface area is 82.4 Å². The van der Waals surface area contributed by atoms with E-state index in [1.165, 1.54) is 6.07 Å². The Morgan fingerprint density at radius 3 is 2.69 bits per heavy atom. The van der Waals surface area contributed by atoms with E-state index in [0.717, 1.165) is 6.07 Å². The van der Waals surface area contributed by atoms with E-state index >= 15 is 0 Å². The van der Waals surface area contributed by atoms with Crippen molar-refractivity contribution in [2.75, 3.05) is 5.75 Å². The summed E-state index contributed by atoms with van der Waals surface area (Å²) in [7, 11) is 0. The van der Waals surface area contributed by atoms with Gasteiger partial charge in [-0.1, -0.05) is 19.1 Å². The van der Waals surface area contributed by atoms with E-state index in [2.05, 4.69) is 12.6 Å². The Hall–Kier alpha value is -0.570. The van der Waals surface area contributed by atoms with Gasteiger partial charge in [0.2, 0.25) is 0 Å². The lowest BCUT2D eigenvalue weighted by Gasteiger charge is -2.08. The summed E-state index contributed by atoms with van der Waals surface area (Å²) in [6, 6.07) is 4.27. The van der Waals surface area contributed by atoms with Crippen LogP contribution in [0, 0.1) is 17.6 Å². The first kappa shape index (κ1) is 10.5. The Morgan fingerprint density at radius 2 is 2.08 bits per heavy atom. The van der Waals surface area contributed by atoms with Crippen molar-refractivity contribution in [3.63, 3.8) is 0 Å². The predicted octanol–water partition coefficient (Wildman–Crippen LogP) is 3.07. The largest absolute Gasteiger partial charge is 0.204 e. The Kier molecular flexibility index (Phi) is 3.72. The predicted molar refractivity (Wildman–Crippen MR) is 53.1 cm³/mol. The van der Waals surface area contributed by atoms with Crippen molar-refractivity contribution in [1.29, 1.82) is 0 Å². The Morgan fingerprint density at radius 1 is 1.38 bits per heavy atom. The van der Waals surface area contributed by atoms with Crippen LogP contribution in [0.25, 0.3) is 0 Å². The molecule has 0 fully saturated rings. The fraction of sp³-hybridized carbons (Fsp3) is 0.400. The van der Waals surface area contributed by atoms with Gasteiger partial charge in [0.1, 0.15) is 0 Å². The molecule has 0 N–H and O–H groups in total. The molecule has 72 valence electrons. The van der Waals surface area contributed by atoms with Crippen LogP contribution in [0.2, 0.25) is 0 Å². The number of halogens is 2. The van der Waals surface area contributed by atoms with Crippen molar-refractivity contribution in [2.24, 2.45) is 5.92 Å². The monoisotopic (exact) mass is 202 g/mol. The second kappa shape index (κ2) is 4.61. The molecule has 0 spiro atoms. The molecule has 0 nitrogen and oxygen atoms in total. The van der Waals surface area contributed by atoms with E-state index < -0.39 is 11.6 Å². The van der Waals surface area contributed by atoms with Gasteiger partial charge >= 0.3 is 0 Å². The van der Waals surface area contributed by atoms with Gasteiger partial charge in [-0.05, 0) is 29.7 Å². The highest BCUT2D eigenvalue weighted by Crippen LogP contribution is 2.15. The SMILES string of the molecule is CC(CS)Cc1cccc(F)c1F. The summed E-state index contributed by atoms with van der Waals surface area (Å²) in [6.07, 6.45) is 0.535. The van der Waals surface area contributed by atoms with Gasteiger partial charge in [0.05, 0.1) is 0 Å². The molecule has 1 aromatic rings. The fourth-order valence-electron chi connectivity index (χ4n) is 1.15. The van der Waals surface area contributed by atoms with Crippen molar-refractivity contribution < 1.29 is 8.78 Å². The molecule has 1 atom stereocenters. The molecule has 1 aromatic carbocycles. The average Bonchev–Trinajstić information content (AvgIpc) is 2.13. The van der Waals surface area contributed by atoms with Gasteiger partial charge in [-0.15, -0.1) is 0 Å². The number of thiol groups is 1. The van der Waals surface area contributed by atoms with Gasteiger partial charge in [-0.2, -0.15) is 12.6 Å². The van der Waals surface area contributed by atoms with Crippen molar-refractivity contribution in [3.05, 3.63) is 35.4 Å². The average molecular weight is 202 g/mol. The van der Waals surface area contributed by atoms with Gasteiger partial charge in [0.15, 0.2) is 11.6 Å². The first-order chi connectivity index (χ1) is 6.15. The van der Waals surface area contributed by atoms with Crippen LogP contribution >= 0.6 is 12.6 Å². The minimum atomic E-state index is -0.774. The maximum atomic E-state index is 13.1. The minimum absolute atomic E-state index is 0.264. The van der Waals surface area contributed by atoms with Crippen LogP contribution in [0.1, 0.15) is 12.5 Å². The third-order valence-corrected chi connectivity index (χ3v) is 2.53. The summed E-state index contributed by atoms with van der Waals surface area (Å²) in [5.41, 5.74) is 0.432. The molecule has 0 aromatic heterocycles. The molecule has 13 heavy (non-hydrogen) atoms. The molecule has 0 aliphatic rings. The van der Waals surface area contributed by atoms with E-state index in [-0.39, 0.29) is 5.92 Å². The first-order valence-electron chi connectivity index (χ1n) is 4.19. The zero-order valence-corrected chi connectivity index (χ0v) is 8.32. The fourth-order valence-corrected chi connectivity index (χ4v) is 1.28. The number of benzene rings is 1. The quantitative estimate of drug-likeness (QED) is 0.715. The summed E-state index contributed by atoms with van der Waals surface area (Å²) in [4.78, 5) is 0. The molecule has 0 saturated carbocycles. The summed E-state index contributed by atoms with van der Waals surface area (Å²) >= 11 is 4.09. The molecule has 1 rings (SSSR count). The Balaban J connectivity index is 2.83. The third kappa shape index (κ3) is 2.69. The molecular weight excluding hydrogens is 190 g/mol. The van der Waals surface area contributed by atoms with Crippen LogP contribution in [0.4, 0.5) is 8.78 Å². The lowest BCUT2D eigenvalue weighted by atomic mass is 10.0. The molecule has 0 aliphatic carbocycles. The van der Waals surface area contributed by atoms with Crippen LogP contribution < -0.4 is 0 Å². The zero-order valence-electron chi connectivity index (χ0n) is 7.43. The van der Waals surface area contributed by atoms with E-state index in [1.807, 2.05) is 6.92 Å². The van der Waals surface area contributed by atoms with Crippen LogP contribution in [0.5, 0.6) is 0 Å². The molecular formula is C10H12F2S. The highest BCUT2D eigenvalue weighted by molar-refractivity contribution is 7.80. The number of hydrogen-bond donors (Lipinski definition) is 1. The van der Waals surface area contributed by atoms with E-state index in [9.17, 15) is 8.78 Å². The Bertz CT molecular complexity index is 286. The highest BCUT2D eigenvalue weighted by Gasteiger charge is 2.09. The van der Waals surface area contributed by atoms with E-state index in [4.69, 9.17) is 0 Å². The molecule has 3 heteroatoms. The number of hydrogen-bond acceptors (Lipinski definition) is 1. The molecule has 1 unspecified atom stereocenters. The lowest BCUT2D eigenvalue weighted by Crippen LogP contribution is -2.04. The summed E-state index contributed by atoms with van der Waals surface area (Å²) in [6.45, 7) is 1.96. The summed E-state index contributed by atoms with van der Waals surface area (Å²) < 4.78 is 25.8.